The molecule has 7 nitrogen and oxygen atoms in total. The molecule has 0 bridgehead atoms. The van der Waals surface area contributed by atoms with E-state index in [-0.39, 0.29) is 23.7 Å². The van der Waals surface area contributed by atoms with E-state index in [2.05, 4.69) is 25.3 Å². The van der Waals surface area contributed by atoms with E-state index in [1.54, 1.807) is 25.4 Å². The molecule has 0 aliphatic carbocycles. The van der Waals surface area contributed by atoms with Crippen molar-refractivity contribution < 1.29 is 4.79 Å². The number of rotatable bonds is 6. The van der Waals surface area contributed by atoms with Gasteiger partial charge in [0.2, 0.25) is 5.91 Å². The number of aromatic nitrogens is 4. The molecular formula is C21H23N5O2. The van der Waals surface area contributed by atoms with Gasteiger partial charge in [0.1, 0.15) is 0 Å². The molecule has 0 spiro atoms. The highest BCUT2D eigenvalue weighted by molar-refractivity contribution is 5.79. The minimum Gasteiger partial charge on any atom is -0.347 e. The Morgan fingerprint density at radius 2 is 1.82 bits per heavy atom. The molecule has 0 saturated carbocycles. The Labute approximate surface area is 163 Å². The van der Waals surface area contributed by atoms with E-state index in [0.29, 0.717) is 17.1 Å². The molecule has 1 unspecified atom stereocenters. The first kappa shape index (κ1) is 19.4. The Hall–Kier alpha value is -3.35. The SMILES string of the molecule is CCC(C)(NC(=O)Cc1c(C)nc(-c2ncccn2)[nH]c1=O)c1ccccc1. The molecule has 0 radical (unpaired) electrons. The molecule has 1 aromatic carbocycles. The second-order valence-corrected chi connectivity index (χ2v) is 6.83. The standard InChI is InChI=1S/C21H23N5O2/c1-4-21(3,15-9-6-5-7-10-15)26-17(27)13-16-14(2)24-19(25-20(16)28)18-22-11-8-12-23-18/h5-12H,4,13H2,1-3H3,(H,26,27)(H,24,25,28). The summed E-state index contributed by atoms with van der Waals surface area (Å²) in [5, 5.41) is 3.06. The van der Waals surface area contributed by atoms with Gasteiger partial charge < -0.3 is 10.3 Å². The van der Waals surface area contributed by atoms with Crippen LogP contribution in [0, 0.1) is 6.92 Å². The van der Waals surface area contributed by atoms with Crippen LogP contribution in [0.4, 0.5) is 0 Å². The van der Waals surface area contributed by atoms with Gasteiger partial charge >= 0.3 is 0 Å². The van der Waals surface area contributed by atoms with E-state index < -0.39 is 5.54 Å². The zero-order valence-electron chi connectivity index (χ0n) is 16.2. The summed E-state index contributed by atoms with van der Waals surface area (Å²) >= 11 is 0. The molecule has 7 heteroatoms. The summed E-state index contributed by atoms with van der Waals surface area (Å²) in [6.45, 7) is 5.70. The van der Waals surface area contributed by atoms with E-state index in [9.17, 15) is 9.59 Å². The van der Waals surface area contributed by atoms with Crippen molar-refractivity contribution in [2.24, 2.45) is 0 Å². The van der Waals surface area contributed by atoms with Gasteiger partial charge in [-0.3, -0.25) is 9.59 Å². The van der Waals surface area contributed by atoms with Gasteiger partial charge in [-0.15, -0.1) is 0 Å². The van der Waals surface area contributed by atoms with Gasteiger partial charge in [-0.05, 0) is 31.9 Å². The minimum absolute atomic E-state index is 0.0491. The summed E-state index contributed by atoms with van der Waals surface area (Å²) < 4.78 is 0. The Morgan fingerprint density at radius 3 is 2.43 bits per heavy atom. The summed E-state index contributed by atoms with van der Waals surface area (Å²) in [7, 11) is 0. The van der Waals surface area contributed by atoms with E-state index in [4.69, 9.17) is 0 Å². The molecule has 144 valence electrons. The van der Waals surface area contributed by atoms with Crippen molar-refractivity contribution in [1.29, 1.82) is 0 Å². The summed E-state index contributed by atoms with van der Waals surface area (Å²) in [4.78, 5) is 40.5. The van der Waals surface area contributed by atoms with Gasteiger partial charge in [-0.25, -0.2) is 15.0 Å². The van der Waals surface area contributed by atoms with Crippen molar-refractivity contribution in [3.8, 4) is 11.6 Å². The van der Waals surface area contributed by atoms with Crippen molar-refractivity contribution in [2.75, 3.05) is 0 Å². The van der Waals surface area contributed by atoms with Crippen LogP contribution in [0.15, 0.2) is 53.6 Å². The number of hydrogen-bond donors (Lipinski definition) is 2. The highest BCUT2D eigenvalue weighted by Gasteiger charge is 2.27. The average molecular weight is 377 g/mol. The molecule has 0 saturated heterocycles. The predicted molar refractivity (Wildman–Crippen MR) is 107 cm³/mol. The number of carbonyl (C=O) groups is 1. The van der Waals surface area contributed by atoms with Gasteiger partial charge in [0.15, 0.2) is 11.6 Å². The maximum atomic E-state index is 12.7. The molecule has 1 amide bonds. The lowest BCUT2D eigenvalue weighted by atomic mass is 9.89. The third-order valence-electron chi connectivity index (χ3n) is 4.87. The van der Waals surface area contributed by atoms with Crippen LogP contribution in [0.2, 0.25) is 0 Å². The summed E-state index contributed by atoms with van der Waals surface area (Å²) in [6, 6.07) is 11.5. The van der Waals surface area contributed by atoms with Crippen molar-refractivity contribution in [3.63, 3.8) is 0 Å². The molecule has 1 atom stereocenters. The highest BCUT2D eigenvalue weighted by atomic mass is 16.2. The second kappa shape index (κ2) is 8.12. The predicted octanol–water partition coefficient (Wildman–Crippen LogP) is 2.52. The van der Waals surface area contributed by atoms with Crippen molar-refractivity contribution in [2.45, 2.75) is 39.2 Å². The lowest BCUT2D eigenvalue weighted by molar-refractivity contribution is -0.122. The molecule has 0 aliphatic rings. The zero-order chi connectivity index (χ0) is 20.1. The summed E-state index contributed by atoms with van der Waals surface area (Å²) in [5.41, 5.74) is 0.974. The fourth-order valence-corrected chi connectivity index (χ4v) is 3.03. The number of aromatic amines is 1. The van der Waals surface area contributed by atoms with Crippen LogP contribution >= 0.6 is 0 Å². The Bertz CT molecular complexity index is 1020. The van der Waals surface area contributed by atoms with Crippen LogP contribution in [0.5, 0.6) is 0 Å². The van der Waals surface area contributed by atoms with Crippen LogP contribution < -0.4 is 10.9 Å². The minimum atomic E-state index is -0.510. The number of H-pyrrole nitrogens is 1. The number of hydrogen-bond acceptors (Lipinski definition) is 5. The largest absolute Gasteiger partial charge is 0.347 e. The normalized spacial score (nSPS) is 13.0. The Kier molecular flexibility index (Phi) is 5.63. The molecule has 3 aromatic rings. The van der Waals surface area contributed by atoms with Crippen LogP contribution in [0.25, 0.3) is 11.6 Å². The van der Waals surface area contributed by atoms with Crippen molar-refractivity contribution >= 4 is 5.91 Å². The fraction of sp³-hybridized carbons (Fsp3) is 0.286. The average Bonchev–Trinajstić information content (AvgIpc) is 2.71. The quantitative estimate of drug-likeness (QED) is 0.687. The third kappa shape index (κ3) is 4.14. The van der Waals surface area contributed by atoms with Gasteiger partial charge in [-0.2, -0.15) is 0 Å². The number of benzene rings is 1. The maximum absolute atomic E-state index is 12.7. The van der Waals surface area contributed by atoms with E-state index in [1.165, 1.54) is 0 Å². The van der Waals surface area contributed by atoms with E-state index in [0.717, 1.165) is 12.0 Å². The lowest BCUT2D eigenvalue weighted by Gasteiger charge is -2.30. The van der Waals surface area contributed by atoms with Gasteiger partial charge in [0, 0.05) is 23.7 Å². The van der Waals surface area contributed by atoms with Crippen LogP contribution in [0.1, 0.15) is 37.1 Å². The Morgan fingerprint density at radius 1 is 1.14 bits per heavy atom. The van der Waals surface area contributed by atoms with E-state index >= 15 is 0 Å². The number of nitrogens with zero attached hydrogens (tertiary/aromatic N) is 3. The number of amides is 1. The van der Waals surface area contributed by atoms with E-state index in [1.807, 2.05) is 44.2 Å². The fourth-order valence-electron chi connectivity index (χ4n) is 3.03. The number of nitrogens with one attached hydrogen (secondary N) is 2. The molecule has 2 aromatic heterocycles. The third-order valence-corrected chi connectivity index (χ3v) is 4.87. The zero-order valence-corrected chi connectivity index (χ0v) is 16.2. The molecular weight excluding hydrogens is 354 g/mol. The van der Waals surface area contributed by atoms with Gasteiger partial charge in [0.25, 0.3) is 5.56 Å². The topological polar surface area (TPSA) is 101 Å². The van der Waals surface area contributed by atoms with Gasteiger partial charge in [-0.1, -0.05) is 37.3 Å². The summed E-state index contributed by atoms with van der Waals surface area (Å²) in [5.74, 6) is 0.392. The Balaban J connectivity index is 1.82. The smallest absolute Gasteiger partial charge is 0.255 e. The summed E-state index contributed by atoms with van der Waals surface area (Å²) in [6.07, 6.45) is 3.83. The lowest BCUT2D eigenvalue weighted by Crippen LogP contribution is -2.44. The first-order valence-corrected chi connectivity index (χ1v) is 9.16. The molecule has 2 heterocycles. The van der Waals surface area contributed by atoms with Crippen LogP contribution in [-0.2, 0) is 16.8 Å². The molecule has 28 heavy (non-hydrogen) atoms. The first-order valence-electron chi connectivity index (χ1n) is 9.16. The molecule has 2 N–H and O–H groups in total. The van der Waals surface area contributed by atoms with Crippen molar-refractivity contribution in [1.82, 2.24) is 25.3 Å². The number of aryl methyl sites for hydroxylation is 1. The highest BCUT2D eigenvalue weighted by Crippen LogP contribution is 2.24. The van der Waals surface area contributed by atoms with Crippen LogP contribution in [0.3, 0.4) is 0 Å². The van der Waals surface area contributed by atoms with Gasteiger partial charge in [0.05, 0.1) is 12.0 Å². The molecule has 3 rings (SSSR count). The number of carbonyl (C=O) groups excluding carboxylic acids is 1. The maximum Gasteiger partial charge on any atom is 0.255 e. The van der Waals surface area contributed by atoms with Crippen molar-refractivity contribution in [3.05, 3.63) is 76.0 Å². The molecule has 0 aliphatic heterocycles. The first-order chi connectivity index (χ1) is 13.4. The van der Waals surface area contributed by atoms with Crippen LogP contribution in [-0.4, -0.2) is 25.8 Å². The molecule has 0 fully saturated rings. The monoisotopic (exact) mass is 377 g/mol. The second-order valence-electron chi connectivity index (χ2n) is 6.83.